The lowest BCUT2D eigenvalue weighted by Crippen LogP contribution is -2.37. The van der Waals surface area contributed by atoms with E-state index in [1.165, 1.54) is 22.1 Å². The molecule has 0 spiro atoms. The Hall–Kier alpha value is -2.56. The number of hydrogen-bond donors (Lipinski definition) is 2. The maximum atomic E-state index is 13.0. The summed E-state index contributed by atoms with van der Waals surface area (Å²) in [6.07, 6.45) is 6.88. The molecular weight excluding hydrogens is 324 g/mol. The fraction of sp³-hybridized carbons (Fsp3) is 0.429. The summed E-state index contributed by atoms with van der Waals surface area (Å²) in [5.41, 5.74) is 7.78. The number of fused-ring (bicyclic) bond motifs is 6. The lowest BCUT2D eigenvalue weighted by Gasteiger charge is -2.24. The summed E-state index contributed by atoms with van der Waals surface area (Å²) >= 11 is 0. The molecule has 3 aromatic rings. The number of amides is 1. The van der Waals surface area contributed by atoms with Gasteiger partial charge in [0.25, 0.3) is 0 Å². The van der Waals surface area contributed by atoms with Gasteiger partial charge < -0.3 is 9.88 Å². The Morgan fingerprint density at radius 1 is 1.23 bits per heavy atom. The Morgan fingerprint density at radius 2 is 2.04 bits per heavy atom. The highest BCUT2D eigenvalue weighted by atomic mass is 16.2. The van der Waals surface area contributed by atoms with E-state index < -0.39 is 5.41 Å². The predicted molar refractivity (Wildman–Crippen MR) is 104 cm³/mol. The monoisotopic (exact) mass is 348 g/mol. The minimum Gasteiger partial charge on any atom is -0.353 e. The normalized spacial score (nSPS) is 18.0. The minimum absolute atomic E-state index is 0.228. The maximum absolute atomic E-state index is 13.0. The van der Waals surface area contributed by atoms with Crippen molar-refractivity contribution in [2.24, 2.45) is 0 Å². The number of carbonyl (C=O) groups is 1. The summed E-state index contributed by atoms with van der Waals surface area (Å²) in [6.45, 7) is 4.24. The van der Waals surface area contributed by atoms with Crippen LogP contribution >= 0.6 is 0 Å². The topological polar surface area (TPSA) is 64.8 Å². The number of aromatic nitrogens is 3. The molecule has 0 fully saturated rings. The zero-order chi connectivity index (χ0) is 18.1. The smallest absolute Gasteiger partial charge is 0.237 e. The molecule has 0 radical (unpaired) electrons. The van der Waals surface area contributed by atoms with Gasteiger partial charge in [0.1, 0.15) is 5.69 Å². The lowest BCUT2D eigenvalue weighted by atomic mass is 9.76. The van der Waals surface area contributed by atoms with E-state index in [0.29, 0.717) is 0 Å². The number of anilines is 1. The fourth-order valence-electron chi connectivity index (χ4n) is 5.07. The van der Waals surface area contributed by atoms with E-state index >= 15 is 0 Å². The third kappa shape index (κ3) is 1.76. The molecule has 134 valence electrons. The first kappa shape index (κ1) is 15.7. The van der Waals surface area contributed by atoms with E-state index in [1.54, 1.807) is 0 Å². The Labute approximate surface area is 152 Å². The van der Waals surface area contributed by atoms with Crippen LogP contribution in [0.2, 0.25) is 0 Å². The standard InChI is InChI=1S/C21H24N4O/c1-4-21(5-2)15-10-16-14(9-17(15)25(3)20(21)26)13-8-6-7-12-11-22-24-18(12)19(13)23-16/h9-11,23H,4-8H2,1-3H3,(H,22,24). The molecule has 5 nitrogen and oxygen atoms in total. The molecule has 1 aliphatic heterocycles. The van der Waals surface area contributed by atoms with Crippen LogP contribution in [0, 0.1) is 0 Å². The summed E-state index contributed by atoms with van der Waals surface area (Å²) in [6, 6.07) is 4.45. The van der Waals surface area contributed by atoms with Gasteiger partial charge in [-0.1, -0.05) is 13.8 Å². The molecule has 5 heteroatoms. The third-order valence-corrected chi connectivity index (χ3v) is 6.65. The predicted octanol–water partition coefficient (Wildman–Crippen LogP) is 4.08. The Morgan fingerprint density at radius 3 is 2.81 bits per heavy atom. The zero-order valence-corrected chi connectivity index (χ0v) is 15.6. The number of H-pyrrole nitrogens is 2. The van der Waals surface area contributed by atoms with Gasteiger partial charge in [0, 0.05) is 29.8 Å². The van der Waals surface area contributed by atoms with E-state index in [2.05, 4.69) is 41.2 Å². The quantitative estimate of drug-likeness (QED) is 0.733. The minimum atomic E-state index is -0.391. The second-order valence-corrected chi connectivity index (χ2v) is 7.66. The zero-order valence-electron chi connectivity index (χ0n) is 15.6. The second-order valence-electron chi connectivity index (χ2n) is 7.66. The molecule has 2 aromatic heterocycles. The average Bonchev–Trinajstić information content (AvgIpc) is 3.27. The highest BCUT2D eigenvalue weighted by molar-refractivity contribution is 6.10. The van der Waals surface area contributed by atoms with Gasteiger partial charge >= 0.3 is 0 Å². The first-order valence-electron chi connectivity index (χ1n) is 9.61. The Bertz CT molecular complexity index is 1040. The first-order chi connectivity index (χ1) is 12.6. The van der Waals surface area contributed by atoms with Crippen LogP contribution in [0.4, 0.5) is 5.69 Å². The van der Waals surface area contributed by atoms with Gasteiger partial charge in [-0.3, -0.25) is 9.89 Å². The number of likely N-dealkylation sites (N-methyl/N-ethyl adjacent to an activating group) is 1. The number of aryl methyl sites for hydroxylation is 2. The van der Waals surface area contributed by atoms with Crippen molar-refractivity contribution in [3.63, 3.8) is 0 Å². The van der Waals surface area contributed by atoms with Crippen molar-refractivity contribution in [2.45, 2.75) is 51.4 Å². The van der Waals surface area contributed by atoms with Crippen molar-refractivity contribution >= 4 is 22.5 Å². The van der Waals surface area contributed by atoms with E-state index in [1.807, 2.05) is 18.1 Å². The molecule has 1 aliphatic carbocycles. The Balaban J connectivity index is 1.80. The van der Waals surface area contributed by atoms with Crippen LogP contribution < -0.4 is 4.90 Å². The first-order valence-corrected chi connectivity index (χ1v) is 9.61. The highest BCUT2D eigenvalue weighted by Crippen LogP contribution is 2.48. The van der Waals surface area contributed by atoms with Crippen molar-refractivity contribution < 1.29 is 4.79 Å². The van der Waals surface area contributed by atoms with Crippen molar-refractivity contribution in [3.05, 3.63) is 35.0 Å². The van der Waals surface area contributed by atoms with Crippen molar-refractivity contribution in [2.75, 3.05) is 11.9 Å². The number of hydrogen-bond acceptors (Lipinski definition) is 2. The van der Waals surface area contributed by atoms with Crippen molar-refractivity contribution in [1.82, 2.24) is 15.2 Å². The molecule has 1 amide bonds. The van der Waals surface area contributed by atoms with Crippen LogP contribution in [0.25, 0.3) is 22.3 Å². The second kappa shape index (κ2) is 5.22. The summed E-state index contributed by atoms with van der Waals surface area (Å²) in [7, 11) is 1.91. The van der Waals surface area contributed by atoms with Crippen LogP contribution in [0.5, 0.6) is 0 Å². The van der Waals surface area contributed by atoms with E-state index in [0.717, 1.165) is 54.7 Å². The molecule has 2 N–H and O–H groups in total. The molecule has 26 heavy (non-hydrogen) atoms. The molecule has 0 atom stereocenters. The molecular formula is C21H24N4O. The van der Waals surface area contributed by atoms with Crippen molar-refractivity contribution in [3.8, 4) is 11.4 Å². The van der Waals surface area contributed by atoms with Crippen LogP contribution in [0.3, 0.4) is 0 Å². The van der Waals surface area contributed by atoms with Crippen LogP contribution in [0.15, 0.2) is 18.3 Å². The summed E-state index contributed by atoms with van der Waals surface area (Å²) in [4.78, 5) is 18.5. The average molecular weight is 348 g/mol. The SMILES string of the molecule is CCC1(CC)C(=O)N(C)c2cc3c4c([nH]c3cc21)-c1n[nH]cc1CCC4. The molecule has 0 saturated carbocycles. The molecule has 3 heterocycles. The van der Waals surface area contributed by atoms with Gasteiger partial charge in [-0.05, 0) is 60.9 Å². The summed E-state index contributed by atoms with van der Waals surface area (Å²) < 4.78 is 0. The molecule has 5 rings (SSSR count). The van der Waals surface area contributed by atoms with E-state index in [4.69, 9.17) is 0 Å². The number of benzene rings is 1. The molecule has 0 bridgehead atoms. The van der Waals surface area contributed by atoms with Crippen LogP contribution in [0.1, 0.15) is 49.8 Å². The number of nitrogens with one attached hydrogen (secondary N) is 2. The largest absolute Gasteiger partial charge is 0.353 e. The van der Waals surface area contributed by atoms with E-state index in [9.17, 15) is 4.79 Å². The molecule has 2 aliphatic rings. The van der Waals surface area contributed by atoms with Crippen LogP contribution in [-0.4, -0.2) is 28.1 Å². The van der Waals surface area contributed by atoms with Crippen molar-refractivity contribution in [1.29, 1.82) is 0 Å². The highest BCUT2D eigenvalue weighted by Gasteiger charge is 2.47. The number of aromatic amines is 2. The maximum Gasteiger partial charge on any atom is 0.237 e. The van der Waals surface area contributed by atoms with Gasteiger partial charge in [-0.15, -0.1) is 0 Å². The summed E-state index contributed by atoms with van der Waals surface area (Å²) in [5.74, 6) is 0.228. The lowest BCUT2D eigenvalue weighted by molar-refractivity contribution is -0.123. The van der Waals surface area contributed by atoms with E-state index in [-0.39, 0.29) is 5.91 Å². The van der Waals surface area contributed by atoms with Gasteiger partial charge in [-0.2, -0.15) is 5.10 Å². The Kier molecular flexibility index (Phi) is 3.15. The number of carbonyl (C=O) groups excluding carboxylic acids is 1. The van der Waals surface area contributed by atoms with Gasteiger partial charge in [-0.25, -0.2) is 0 Å². The van der Waals surface area contributed by atoms with Crippen LogP contribution in [-0.2, 0) is 23.1 Å². The molecule has 0 saturated heterocycles. The van der Waals surface area contributed by atoms with Gasteiger partial charge in [0.15, 0.2) is 0 Å². The van der Waals surface area contributed by atoms with Gasteiger partial charge in [0.05, 0.1) is 11.1 Å². The molecule has 0 unspecified atom stereocenters. The number of nitrogens with zero attached hydrogens (tertiary/aromatic N) is 2. The number of rotatable bonds is 2. The van der Waals surface area contributed by atoms with Gasteiger partial charge in [0.2, 0.25) is 5.91 Å². The third-order valence-electron chi connectivity index (χ3n) is 6.65. The fourth-order valence-corrected chi connectivity index (χ4v) is 5.07. The summed E-state index contributed by atoms with van der Waals surface area (Å²) in [5, 5.41) is 8.75. The molecule has 1 aromatic carbocycles.